The van der Waals surface area contributed by atoms with Gasteiger partial charge in [-0.15, -0.1) is 0 Å². The van der Waals surface area contributed by atoms with Crippen molar-refractivity contribution in [1.29, 1.82) is 0 Å². The summed E-state index contributed by atoms with van der Waals surface area (Å²) in [5.41, 5.74) is 12.0. The standard InChI is InChI=1S/C47H28BNO3/c1-27-9-8-15-38-45(27)34-13-4-6-14-37(34)49(38)31-20-17-28(18-21-31)30-23-43-47-44(24-30)52-42-26-41-35(33-12-5-7-16-39(33)50-41)25-36(42)48(47)46-32-11-3-2-10-29(32)19-22-40(46)51-43/h2-26H,1H3. The lowest BCUT2D eigenvalue weighted by molar-refractivity contribution is 0.465. The molecular weight excluding hydrogens is 637 g/mol. The van der Waals surface area contributed by atoms with Gasteiger partial charge >= 0.3 is 0 Å². The van der Waals surface area contributed by atoms with E-state index in [1.807, 2.05) is 12.1 Å². The lowest BCUT2D eigenvalue weighted by atomic mass is 9.34. The maximum absolute atomic E-state index is 6.86. The van der Waals surface area contributed by atoms with E-state index in [0.29, 0.717) is 0 Å². The van der Waals surface area contributed by atoms with Crippen LogP contribution in [-0.2, 0) is 0 Å². The third kappa shape index (κ3) is 3.77. The van der Waals surface area contributed by atoms with Crippen molar-refractivity contribution in [2.75, 3.05) is 0 Å². The van der Waals surface area contributed by atoms with Gasteiger partial charge in [0.1, 0.15) is 34.2 Å². The van der Waals surface area contributed by atoms with E-state index in [1.54, 1.807) is 0 Å². The van der Waals surface area contributed by atoms with E-state index in [-0.39, 0.29) is 6.71 Å². The molecule has 0 N–H and O–H groups in total. The first kappa shape index (κ1) is 28.0. The summed E-state index contributed by atoms with van der Waals surface area (Å²) in [6.45, 7) is 2.12. The number of para-hydroxylation sites is 2. The molecule has 242 valence electrons. The van der Waals surface area contributed by atoms with Crippen molar-refractivity contribution in [2.45, 2.75) is 6.92 Å². The first-order chi connectivity index (χ1) is 25.7. The number of benzene rings is 8. The molecule has 10 aromatic rings. The summed E-state index contributed by atoms with van der Waals surface area (Å²) in [4.78, 5) is 0. The first-order valence-corrected chi connectivity index (χ1v) is 17.8. The zero-order valence-corrected chi connectivity index (χ0v) is 28.2. The lowest BCUT2D eigenvalue weighted by Gasteiger charge is -2.34. The van der Waals surface area contributed by atoms with Crippen molar-refractivity contribution in [2.24, 2.45) is 0 Å². The maximum Gasteiger partial charge on any atom is 0.261 e. The molecule has 0 spiro atoms. The van der Waals surface area contributed by atoms with Gasteiger partial charge in [0.2, 0.25) is 0 Å². The van der Waals surface area contributed by atoms with Crippen molar-refractivity contribution in [3.63, 3.8) is 0 Å². The van der Waals surface area contributed by atoms with E-state index in [0.717, 1.165) is 72.7 Å². The van der Waals surface area contributed by atoms with Crippen molar-refractivity contribution < 1.29 is 13.9 Å². The van der Waals surface area contributed by atoms with E-state index in [2.05, 4.69) is 151 Å². The number of rotatable bonds is 2. The van der Waals surface area contributed by atoms with Gasteiger partial charge in [0.15, 0.2) is 0 Å². The molecule has 4 heterocycles. The van der Waals surface area contributed by atoms with Gasteiger partial charge in [-0.1, -0.05) is 97.1 Å². The van der Waals surface area contributed by atoms with E-state index in [4.69, 9.17) is 13.9 Å². The van der Waals surface area contributed by atoms with Crippen LogP contribution >= 0.6 is 0 Å². The predicted molar refractivity (Wildman–Crippen MR) is 213 cm³/mol. The molecule has 2 aromatic heterocycles. The number of ether oxygens (including phenoxy) is 2. The van der Waals surface area contributed by atoms with Gasteiger partial charge in [0.25, 0.3) is 6.71 Å². The average molecular weight is 666 g/mol. The molecule has 5 heteroatoms. The minimum absolute atomic E-state index is 0.0724. The molecular formula is C47H28BNO3. The van der Waals surface area contributed by atoms with Crippen LogP contribution in [0.4, 0.5) is 0 Å². The Kier molecular flexibility index (Phi) is 5.49. The van der Waals surface area contributed by atoms with Gasteiger partial charge in [0.05, 0.1) is 11.0 Å². The molecule has 2 aliphatic heterocycles. The Morgan fingerprint density at radius 2 is 1.21 bits per heavy atom. The fraction of sp³-hybridized carbons (Fsp3) is 0.0213. The third-order valence-electron chi connectivity index (χ3n) is 11.2. The summed E-state index contributed by atoms with van der Waals surface area (Å²) >= 11 is 0. The number of furan rings is 1. The van der Waals surface area contributed by atoms with Crippen LogP contribution in [0.25, 0.3) is 71.3 Å². The molecule has 0 saturated heterocycles. The molecule has 0 unspecified atom stereocenters. The zero-order chi connectivity index (χ0) is 34.1. The Hall–Kier alpha value is -6.72. The van der Waals surface area contributed by atoms with Gasteiger partial charge in [-0.2, -0.15) is 0 Å². The normalized spacial score (nSPS) is 13.0. The van der Waals surface area contributed by atoms with Crippen LogP contribution in [0.5, 0.6) is 23.0 Å². The molecule has 2 aliphatic rings. The fourth-order valence-corrected chi connectivity index (χ4v) is 8.94. The van der Waals surface area contributed by atoms with Crippen molar-refractivity contribution >= 4 is 77.6 Å². The molecule has 0 aliphatic carbocycles. The fourth-order valence-electron chi connectivity index (χ4n) is 8.94. The maximum atomic E-state index is 6.86. The van der Waals surface area contributed by atoms with Crippen molar-refractivity contribution in [3.05, 3.63) is 157 Å². The van der Waals surface area contributed by atoms with Crippen LogP contribution < -0.4 is 25.9 Å². The molecule has 0 radical (unpaired) electrons. The molecule has 0 amide bonds. The second-order valence-corrected chi connectivity index (χ2v) is 14.1. The van der Waals surface area contributed by atoms with Crippen LogP contribution in [0.2, 0.25) is 0 Å². The van der Waals surface area contributed by atoms with Crippen LogP contribution in [-0.4, -0.2) is 11.3 Å². The Labute approximate surface area is 299 Å². The van der Waals surface area contributed by atoms with Crippen LogP contribution in [0.3, 0.4) is 0 Å². The third-order valence-corrected chi connectivity index (χ3v) is 11.2. The number of aromatic nitrogens is 1. The molecule has 12 rings (SSSR count). The SMILES string of the molecule is Cc1cccc2c1c1ccccc1n2-c1ccc(-c2cc3c4c(c2)Oc2ccc5ccccc5c2B4c2cc4c(cc2O3)oc2ccccc24)cc1. The van der Waals surface area contributed by atoms with Crippen LogP contribution in [0.1, 0.15) is 5.56 Å². The highest BCUT2D eigenvalue weighted by Gasteiger charge is 2.42. The Bertz CT molecular complexity index is 3150. The summed E-state index contributed by atoms with van der Waals surface area (Å²) in [6.07, 6.45) is 0. The number of fused-ring (bicyclic) bond motifs is 12. The summed E-state index contributed by atoms with van der Waals surface area (Å²) in [5, 5.41) is 7.13. The van der Waals surface area contributed by atoms with Gasteiger partial charge < -0.3 is 18.5 Å². The highest BCUT2D eigenvalue weighted by Crippen LogP contribution is 2.42. The minimum atomic E-state index is -0.0724. The van der Waals surface area contributed by atoms with E-state index in [1.165, 1.54) is 43.6 Å². The molecule has 0 bridgehead atoms. The monoisotopic (exact) mass is 665 g/mol. The quantitative estimate of drug-likeness (QED) is 0.173. The molecule has 0 fully saturated rings. The van der Waals surface area contributed by atoms with Gasteiger partial charge in [-0.3, -0.25) is 0 Å². The second-order valence-electron chi connectivity index (χ2n) is 14.1. The second kappa shape index (κ2) is 10.2. The molecule has 0 atom stereocenters. The van der Waals surface area contributed by atoms with Crippen molar-refractivity contribution in [3.8, 4) is 39.8 Å². The van der Waals surface area contributed by atoms with Gasteiger partial charge in [0, 0.05) is 38.8 Å². The molecule has 52 heavy (non-hydrogen) atoms. The number of aryl methyl sites for hydroxylation is 1. The summed E-state index contributed by atoms with van der Waals surface area (Å²) in [5.74, 6) is 3.32. The van der Waals surface area contributed by atoms with Crippen molar-refractivity contribution in [1.82, 2.24) is 4.57 Å². The first-order valence-electron chi connectivity index (χ1n) is 17.8. The Morgan fingerprint density at radius 3 is 2.08 bits per heavy atom. The summed E-state index contributed by atoms with van der Waals surface area (Å²) < 4.78 is 22.4. The Morgan fingerprint density at radius 1 is 0.481 bits per heavy atom. The van der Waals surface area contributed by atoms with Crippen LogP contribution in [0.15, 0.2) is 156 Å². The molecule has 0 saturated carbocycles. The summed E-state index contributed by atoms with van der Waals surface area (Å²) in [6, 6.07) is 53.9. The molecule has 8 aromatic carbocycles. The average Bonchev–Trinajstić information content (AvgIpc) is 3.72. The number of hydrogen-bond donors (Lipinski definition) is 0. The number of nitrogens with zero attached hydrogens (tertiary/aromatic N) is 1. The predicted octanol–water partition coefficient (Wildman–Crippen LogP) is 10.5. The van der Waals surface area contributed by atoms with E-state index < -0.39 is 0 Å². The smallest absolute Gasteiger partial charge is 0.261 e. The van der Waals surface area contributed by atoms with Gasteiger partial charge in [-0.05, 0) is 93.8 Å². The lowest BCUT2D eigenvalue weighted by Crippen LogP contribution is -2.57. The van der Waals surface area contributed by atoms with Gasteiger partial charge in [-0.25, -0.2) is 0 Å². The minimum Gasteiger partial charge on any atom is -0.458 e. The van der Waals surface area contributed by atoms with E-state index in [9.17, 15) is 0 Å². The highest BCUT2D eigenvalue weighted by molar-refractivity contribution is 6.99. The Balaban J connectivity index is 1.04. The molecule has 4 nitrogen and oxygen atoms in total. The number of hydrogen-bond acceptors (Lipinski definition) is 3. The van der Waals surface area contributed by atoms with E-state index >= 15 is 0 Å². The summed E-state index contributed by atoms with van der Waals surface area (Å²) in [7, 11) is 0. The largest absolute Gasteiger partial charge is 0.458 e. The van der Waals surface area contributed by atoms with Crippen LogP contribution in [0, 0.1) is 6.92 Å². The zero-order valence-electron chi connectivity index (χ0n) is 28.2. The highest BCUT2D eigenvalue weighted by atomic mass is 16.5. The topological polar surface area (TPSA) is 36.5 Å².